The van der Waals surface area contributed by atoms with Crippen LogP contribution in [0.3, 0.4) is 0 Å². The molecule has 0 aromatic heterocycles. The van der Waals surface area contributed by atoms with Crippen LogP contribution in [-0.4, -0.2) is 11.2 Å². The fourth-order valence-electron chi connectivity index (χ4n) is 0.244. The van der Waals surface area contributed by atoms with Gasteiger partial charge in [-0.05, 0) is 6.92 Å². The van der Waals surface area contributed by atoms with Gasteiger partial charge in [-0.25, -0.2) is 4.79 Å². The van der Waals surface area contributed by atoms with E-state index >= 15 is 0 Å². The van der Waals surface area contributed by atoms with Crippen LogP contribution in [0.4, 0.5) is 0 Å². The third kappa shape index (κ3) is 4.28. The predicted octanol–water partition coefficient (Wildman–Crippen LogP) is 1.22. The molecular formula is C7H10O2S. The van der Waals surface area contributed by atoms with E-state index in [0.717, 1.165) is 0 Å². The number of carbonyl (C=O) groups excluding carboxylic acids is 1. The Balaban J connectivity index is 3.59. The first-order valence-electron chi connectivity index (χ1n) is 3.05. The van der Waals surface area contributed by atoms with Gasteiger partial charge in [-0.1, -0.05) is 12.8 Å². The van der Waals surface area contributed by atoms with Gasteiger partial charge in [0.25, 0.3) is 0 Å². The molecule has 2 nitrogen and oxygen atoms in total. The number of esters is 1. The molecular weight excluding hydrogens is 148 g/mol. The molecule has 0 rings (SSSR count). The number of hydrogen-bond donors (Lipinski definition) is 1. The minimum atomic E-state index is -0.399. The lowest BCUT2D eigenvalue weighted by atomic mass is 10.5. The summed E-state index contributed by atoms with van der Waals surface area (Å²) >= 11 is 3.85. The topological polar surface area (TPSA) is 26.3 Å². The minimum Gasteiger partial charge on any atom is -0.371 e. The standard InChI is InChI=1S/C7H10O2S/c1-3-4-5-9-7(8)6(2)10/h6,10H,3H2,1-2H3. The molecule has 0 saturated heterocycles. The number of hydrogen-bond acceptors (Lipinski definition) is 3. The Hall–Kier alpha value is -0.620. The first-order chi connectivity index (χ1) is 4.68. The van der Waals surface area contributed by atoms with Crippen LogP contribution >= 0.6 is 12.6 Å². The summed E-state index contributed by atoms with van der Waals surface area (Å²) in [7, 11) is 0. The molecule has 0 bridgehead atoms. The molecule has 0 saturated carbocycles. The number of carbonyl (C=O) groups is 1. The Morgan fingerprint density at radius 3 is 2.80 bits per heavy atom. The zero-order valence-electron chi connectivity index (χ0n) is 6.05. The fourth-order valence-corrected chi connectivity index (χ4v) is 0.297. The highest BCUT2D eigenvalue weighted by Gasteiger charge is 2.06. The highest BCUT2D eigenvalue weighted by atomic mass is 32.1. The Morgan fingerprint density at radius 1 is 1.80 bits per heavy atom. The van der Waals surface area contributed by atoms with E-state index in [1.54, 1.807) is 6.92 Å². The maximum absolute atomic E-state index is 10.6. The highest BCUT2D eigenvalue weighted by Crippen LogP contribution is 1.94. The van der Waals surface area contributed by atoms with Crippen molar-refractivity contribution in [3.05, 3.63) is 0 Å². The first kappa shape index (κ1) is 9.38. The van der Waals surface area contributed by atoms with Gasteiger partial charge in [0.2, 0.25) is 0 Å². The van der Waals surface area contributed by atoms with E-state index in [2.05, 4.69) is 29.4 Å². The van der Waals surface area contributed by atoms with Crippen LogP contribution in [0.25, 0.3) is 0 Å². The van der Waals surface area contributed by atoms with Crippen molar-refractivity contribution < 1.29 is 9.53 Å². The van der Waals surface area contributed by atoms with E-state index in [9.17, 15) is 4.79 Å². The van der Waals surface area contributed by atoms with Crippen molar-refractivity contribution in [3.8, 4) is 12.0 Å². The van der Waals surface area contributed by atoms with Crippen LogP contribution in [0.15, 0.2) is 0 Å². The third-order valence-corrected chi connectivity index (χ3v) is 0.952. The second-order valence-corrected chi connectivity index (χ2v) is 2.50. The minimum absolute atomic E-state index is 0.397. The van der Waals surface area contributed by atoms with Crippen LogP contribution < -0.4 is 0 Å². The second-order valence-electron chi connectivity index (χ2n) is 1.73. The molecule has 0 radical (unpaired) electrons. The van der Waals surface area contributed by atoms with E-state index in [4.69, 9.17) is 0 Å². The van der Waals surface area contributed by atoms with Gasteiger partial charge in [0.05, 0.1) is 5.25 Å². The van der Waals surface area contributed by atoms with Gasteiger partial charge in [0.15, 0.2) is 0 Å². The quantitative estimate of drug-likeness (QED) is 0.353. The number of rotatable bonds is 1. The molecule has 0 aliphatic heterocycles. The van der Waals surface area contributed by atoms with Crippen molar-refractivity contribution in [3.63, 3.8) is 0 Å². The largest absolute Gasteiger partial charge is 0.371 e. The Kier molecular flexibility index (Phi) is 4.87. The van der Waals surface area contributed by atoms with Gasteiger partial charge in [-0.3, -0.25) is 0 Å². The van der Waals surface area contributed by atoms with Gasteiger partial charge >= 0.3 is 5.97 Å². The van der Waals surface area contributed by atoms with Gasteiger partial charge in [0, 0.05) is 6.42 Å². The van der Waals surface area contributed by atoms with E-state index in [1.807, 2.05) is 6.92 Å². The monoisotopic (exact) mass is 158 g/mol. The normalized spacial score (nSPS) is 11.1. The molecule has 0 aromatic carbocycles. The van der Waals surface area contributed by atoms with E-state index in [1.165, 1.54) is 0 Å². The van der Waals surface area contributed by atoms with Gasteiger partial charge in [0.1, 0.15) is 6.11 Å². The van der Waals surface area contributed by atoms with Gasteiger partial charge in [-0.2, -0.15) is 12.6 Å². The van der Waals surface area contributed by atoms with Crippen molar-refractivity contribution in [2.75, 3.05) is 0 Å². The number of thiol groups is 1. The van der Waals surface area contributed by atoms with E-state index in [0.29, 0.717) is 6.42 Å². The molecule has 1 atom stereocenters. The van der Waals surface area contributed by atoms with Crippen LogP contribution in [0.2, 0.25) is 0 Å². The second kappa shape index (κ2) is 5.19. The van der Waals surface area contributed by atoms with Crippen molar-refractivity contribution in [2.45, 2.75) is 25.5 Å². The molecule has 0 heterocycles. The van der Waals surface area contributed by atoms with Crippen LogP contribution in [0.5, 0.6) is 0 Å². The Morgan fingerprint density at radius 2 is 2.40 bits per heavy atom. The first-order valence-corrected chi connectivity index (χ1v) is 3.56. The summed E-state index contributed by atoms with van der Waals surface area (Å²) in [6, 6.07) is 0. The smallest absolute Gasteiger partial charge is 0.332 e. The average molecular weight is 158 g/mol. The zero-order valence-corrected chi connectivity index (χ0v) is 6.94. The average Bonchev–Trinajstić information content (AvgIpc) is 1.88. The summed E-state index contributed by atoms with van der Waals surface area (Å²) in [5, 5.41) is -0.397. The molecule has 0 aliphatic rings. The summed E-state index contributed by atoms with van der Waals surface area (Å²) in [5.74, 6) is 2.21. The summed E-state index contributed by atoms with van der Waals surface area (Å²) in [6.07, 6.45) is 2.96. The van der Waals surface area contributed by atoms with Crippen molar-refractivity contribution in [2.24, 2.45) is 0 Å². The SMILES string of the molecule is CCC#COC(=O)C(C)S. The van der Waals surface area contributed by atoms with Crippen LogP contribution in [0.1, 0.15) is 20.3 Å². The maximum atomic E-state index is 10.6. The highest BCUT2D eigenvalue weighted by molar-refractivity contribution is 7.81. The lowest BCUT2D eigenvalue weighted by molar-refractivity contribution is -0.135. The summed E-state index contributed by atoms with van der Waals surface area (Å²) in [6.45, 7) is 3.52. The molecule has 10 heavy (non-hydrogen) atoms. The van der Waals surface area contributed by atoms with Gasteiger partial charge < -0.3 is 4.74 Å². The summed E-state index contributed by atoms with van der Waals surface area (Å²) < 4.78 is 4.47. The molecule has 0 N–H and O–H groups in total. The lowest BCUT2D eigenvalue weighted by Gasteiger charge is -1.96. The Labute approximate surface area is 66.4 Å². The van der Waals surface area contributed by atoms with Crippen LogP contribution in [-0.2, 0) is 9.53 Å². The predicted molar refractivity (Wildman–Crippen MR) is 42.6 cm³/mol. The molecule has 0 amide bonds. The molecule has 1 unspecified atom stereocenters. The van der Waals surface area contributed by atoms with Crippen molar-refractivity contribution in [1.82, 2.24) is 0 Å². The molecule has 0 aliphatic carbocycles. The molecule has 0 fully saturated rings. The van der Waals surface area contributed by atoms with Crippen molar-refractivity contribution >= 4 is 18.6 Å². The van der Waals surface area contributed by atoms with E-state index < -0.39 is 11.2 Å². The Bertz CT molecular complexity index is 164. The van der Waals surface area contributed by atoms with Crippen molar-refractivity contribution in [1.29, 1.82) is 0 Å². The van der Waals surface area contributed by atoms with Crippen LogP contribution in [0, 0.1) is 12.0 Å². The molecule has 56 valence electrons. The summed E-state index contributed by atoms with van der Waals surface area (Å²) in [4.78, 5) is 10.6. The zero-order chi connectivity index (χ0) is 7.98. The molecule has 0 spiro atoms. The number of ether oxygens (including phenoxy) is 1. The fraction of sp³-hybridized carbons (Fsp3) is 0.571. The third-order valence-electron chi connectivity index (χ3n) is 0.742. The summed E-state index contributed by atoms with van der Waals surface area (Å²) in [5.41, 5.74) is 0. The maximum Gasteiger partial charge on any atom is 0.332 e. The van der Waals surface area contributed by atoms with Gasteiger partial charge in [-0.15, -0.1) is 0 Å². The lowest BCUT2D eigenvalue weighted by Crippen LogP contribution is -2.11. The molecule has 3 heteroatoms. The van der Waals surface area contributed by atoms with E-state index in [-0.39, 0.29) is 0 Å². The molecule has 0 aromatic rings.